The van der Waals surface area contributed by atoms with E-state index in [1.54, 1.807) is 17.0 Å². The average molecular weight is 368 g/mol. The van der Waals surface area contributed by atoms with E-state index in [-0.39, 0.29) is 23.9 Å². The topological polar surface area (TPSA) is 32.8 Å². The van der Waals surface area contributed by atoms with Gasteiger partial charge in [0.05, 0.1) is 12.1 Å². The predicted molar refractivity (Wildman–Crippen MR) is 103 cm³/mol. The molecule has 142 valence electrons. The molecule has 2 saturated heterocycles. The number of piperidine rings is 1. The van der Waals surface area contributed by atoms with E-state index in [0.29, 0.717) is 6.54 Å². The molecule has 1 atom stereocenters. The fraction of sp³-hybridized carbons (Fsp3) is 0.409. The van der Waals surface area contributed by atoms with E-state index >= 15 is 0 Å². The molecule has 5 heteroatoms. The van der Waals surface area contributed by atoms with Crippen LogP contribution in [-0.4, -0.2) is 42.6 Å². The maximum absolute atomic E-state index is 13.2. The molecule has 1 amide bonds. The molecule has 0 saturated carbocycles. The summed E-state index contributed by atoms with van der Waals surface area (Å²) in [5.41, 5.74) is 2.93. The second kappa shape index (κ2) is 7.41. The zero-order chi connectivity index (χ0) is 18.9. The molecular weight excluding hydrogens is 343 g/mol. The van der Waals surface area contributed by atoms with E-state index in [1.807, 2.05) is 0 Å². The summed E-state index contributed by atoms with van der Waals surface area (Å²) in [5, 5.41) is 0. The lowest BCUT2D eigenvalue weighted by Gasteiger charge is -2.47. The molecular formula is C22H25FN2O2. The third kappa shape index (κ3) is 4.04. The van der Waals surface area contributed by atoms with E-state index in [1.165, 1.54) is 23.3 Å². The molecule has 4 nitrogen and oxygen atoms in total. The van der Waals surface area contributed by atoms with Crippen LogP contribution in [0.1, 0.15) is 24.0 Å². The van der Waals surface area contributed by atoms with Crippen LogP contribution in [0.15, 0.2) is 48.5 Å². The smallest absolute Gasteiger partial charge is 0.253 e. The van der Waals surface area contributed by atoms with Gasteiger partial charge in [-0.2, -0.15) is 0 Å². The van der Waals surface area contributed by atoms with Crippen LogP contribution in [-0.2, 0) is 16.1 Å². The lowest BCUT2D eigenvalue weighted by atomic mass is 9.90. The highest BCUT2D eigenvalue weighted by molar-refractivity contribution is 5.95. The Hall–Kier alpha value is -2.24. The second-order valence-corrected chi connectivity index (χ2v) is 7.73. The number of ether oxygens (including phenoxy) is 1. The van der Waals surface area contributed by atoms with Gasteiger partial charge in [0, 0.05) is 18.8 Å². The largest absolute Gasteiger partial charge is 0.362 e. The first-order chi connectivity index (χ1) is 13.0. The Bertz CT molecular complexity index is 806. The molecule has 0 radical (unpaired) electrons. The number of amides is 1. The Morgan fingerprint density at radius 2 is 1.81 bits per heavy atom. The number of anilines is 1. The first-order valence-corrected chi connectivity index (χ1v) is 9.51. The number of hydrogen-bond acceptors (Lipinski definition) is 3. The van der Waals surface area contributed by atoms with E-state index in [0.717, 1.165) is 38.2 Å². The Morgan fingerprint density at radius 1 is 1.07 bits per heavy atom. The molecule has 1 unspecified atom stereocenters. The molecule has 2 aliphatic rings. The van der Waals surface area contributed by atoms with Crippen LogP contribution in [0.25, 0.3) is 0 Å². The zero-order valence-electron chi connectivity index (χ0n) is 15.7. The summed E-state index contributed by atoms with van der Waals surface area (Å²) in [6.45, 7) is 5.40. The summed E-state index contributed by atoms with van der Waals surface area (Å²) >= 11 is 0. The molecule has 0 aliphatic carbocycles. The average Bonchev–Trinajstić information content (AvgIpc) is 2.67. The van der Waals surface area contributed by atoms with E-state index in [9.17, 15) is 9.18 Å². The highest BCUT2D eigenvalue weighted by atomic mass is 19.1. The fourth-order valence-electron chi connectivity index (χ4n) is 4.10. The number of carbonyl (C=O) groups excluding carboxylic acids is 1. The van der Waals surface area contributed by atoms with Gasteiger partial charge < -0.3 is 9.64 Å². The third-order valence-corrected chi connectivity index (χ3v) is 5.53. The number of nitrogens with zero attached hydrogens (tertiary/aromatic N) is 2. The van der Waals surface area contributed by atoms with E-state index < -0.39 is 0 Å². The van der Waals surface area contributed by atoms with Crippen molar-refractivity contribution in [3.8, 4) is 0 Å². The van der Waals surface area contributed by atoms with Gasteiger partial charge in [-0.1, -0.05) is 29.8 Å². The number of carbonyl (C=O) groups is 1. The SMILES string of the molecule is Cc1ccc(CN2CCCC3(C2)CN(c2ccc(F)cc2)C(=O)CO3)cc1. The number of hydrogen-bond donors (Lipinski definition) is 0. The van der Waals surface area contributed by atoms with Crippen LogP contribution in [0.5, 0.6) is 0 Å². The van der Waals surface area contributed by atoms with Gasteiger partial charge in [-0.15, -0.1) is 0 Å². The highest BCUT2D eigenvalue weighted by Crippen LogP contribution is 2.32. The van der Waals surface area contributed by atoms with Crippen LogP contribution < -0.4 is 4.90 Å². The standard InChI is InChI=1S/C22H25FN2O2/c1-17-3-5-18(6-4-17)13-24-12-2-11-22(15-24)16-25(21(26)14-27-22)20-9-7-19(23)8-10-20/h3-10H,2,11-16H2,1H3. The van der Waals surface area contributed by atoms with Crippen molar-refractivity contribution in [2.75, 3.05) is 31.1 Å². The lowest BCUT2D eigenvalue weighted by molar-refractivity contribution is -0.146. The molecule has 2 aromatic rings. The van der Waals surface area contributed by atoms with Crippen molar-refractivity contribution in [2.24, 2.45) is 0 Å². The summed E-state index contributed by atoms with van der Waals surface area (Å²) in [6.07, 6.45) is 1.97. The van der Waals surface area contributed by atoms with Crippen molar-refractivity contribution >= 4 is 11.6 Å². The van der Waals surface area contributed by atoms with Crippen molar-refractivity contribution in [1.29, 1.82) is 0 Å². The first-order valence-electron chi connectivity index (χ1n) is 9.51. The van der Waals surface area contributed by atoms with Crippen molar-refractivity contribution in [2.45, 2.75) is 31.9 Å². The molecule has 0 N–H and O–H groups in total. The van der Waals surface area contributed by atoms with Gasteiger partial charge in [-0.3, -0.25) is 9.69 Å². The summed E-state index contributed by atoms with van der Waals surface area (Å²) < 4.78 is 19.3. The Labute approximate surface area is 159 Å². The molecule has 4 rings (SSSR count). The second-order valence-electron chi connectivity index (χ2n) is 7.73. The number of halogens is 1. The van der Waals surface area contributed by atoms with Gasteiger partial charge in [0.2, 0.25) is 0 Å². The molecule has 0 aromatic heterocycles. The number of aryl methyl sites for hydroxylation is 1. The maximum Gasteiger partial charge on any atom is 0.253 e. The molecule has 1 spiro atoms. The minimum Gasteiger partial charge on any atom is -0.362 e. The van der Waals surface area contributed by atoms with E-state index in [2.05, 4.69) is 36.1 Å². The molecule has 2 heterocycles. The van der Waals surface area contributed by atoms with Crippen LogP contribution in [0.3, 0.4) is 0 Å². The Morgan fingerprint density at radius 3 is 2.56 bits per heavy atom. The molecule has 2 aliphatic heterocycles. The number of morpholine rings is 1. The minimum absolute atomic E-state index is 0.0668. The number of rotatable bonds is 3. The van der Waals surface area contributed by atoms with Crippen LogP contribution in [0.2, 0.25) is 0 Å². The van der Waals surface area contributed by atoms with Gasteiger partial charge in [0.25, 0.3) is 5.91 Å². The molecule has 2 aromatic carbocycles. The monoisotopic (exact) mass is 368 g/mol. The summed E-state index contributed by atoms with van der Waals surface area (Å²) in [6, 6.07) is 14.8. The Kier molecular flexibility index (Phi) is 4.98. The summed E-state index contributed by atoms with van der Waals surface area (Å²) in [4.78, 5) is 16.6. The summed E-state index contributed by atoms with van der Waals surface area (Å²) in [5.74, 6) is -0.362. The zero-order valence-corrected chi connectivity index (χ0v) is 15.7. The van der Waals surface area contributed by atoms with Crippen molar-refractivity contribution in [1.82, 2.24) is 4.90 Å². The third-order valence-electron chi connectivity index (χ3n) is 5.53. The highest BCUT2D eigenvalue weighted by Gasteiger charge is 2.43. The van der Waals surface area contributed by atoms with Crippen molar-refractivity contribution < 1.29 is 13.9 Å². The maximum atomic E-state index is 13.2. The fourth-order valence-corrected chi connectivity index (χ4v) is 4.10. The van der Waals surface area contributed by atoms with Crippen LogP contribution in [0.4, 0.5) is 10.1 Å². The molecule has 27 heavy (non-hydrogen) atoms. The molecule has 0 bridgehead atoms. The number of likely N-dealkylation sites (tertiary alicyclic amines) is 1. The van der Waals surface area contributed by atoms with Gasteiger partial charge in [0.15, 0.2) is 0 Å². The lowest BCUT2D eigenvalue weighted by Crippen LogP contribution is -2.61. The van der Waals surface area contributed by atoms with Gasteiger partial charge in [-0.05, 0) is 56.1 Å². The van der Waals surface area contributed by atoms with Crippen molar-refractivity contribution in [3.63, 3.8) is 0 Å². The van der Waals surface area contributed by atoms with Gasteiger partial charge in [-0.25, -0.2) is 4.39 Å². The quantitative estimate of drug-likeness (QED) is 0.831. The van der Waals surface area contributed by atoms with Gasteiger partial charge in [0.1, 0.15) is 12.4 Å². The van der Waals surface area contributed by atoms with Gasteiger partial charge >= 0.3 is 0 Å². The van der Waals surface area contributed by atoms with Crippen LogP contribution >= 0.6 is 0 Å². The van der Waals surface area contributed by atoms with E-state index in [4.69, 9.17) is 4.74 Å². The first kappa shape index (κ1) is 18.1. The Balaban J connectivity index is 1.48. The normalized spacial score (nSPS) is 23.8. The van der Waals surface area contributed by atoms with Crippen molar-refractivity contribution in [3.05, 3.63) is 65.5 Å². The molecule has 2 fully saturated rings. The summed E-state index contributed by atoms with van der Waals surface area (Å²) in [7, 11) is 0. The number of benzene rings is 2. The minimum atomic E-state index is -0.356. The predicted octanol–water partition coefficient (Wildman–Crippen LogP) is 3.53. The van der Waals surface area contributed by atoms with Crippen LogP contribution in [0, 0.1) is 12.7 Å².